The van der Waals surface area contributed by atoms with Crippen molar-refractivity contribution in [3.05, 3.63) is 11.7 Å². The molecule has 2 rings (SSSR count). The average molecular weight is 289 g/mol. The standard InChI is InChI=1S/C11H19N3O2S2/c1-3-7-9(18-5-4-17-7)10-13-11(16-14-10)8(12)6(2)15/h6-9,15H,3-5,12H2,1-2H3/t6-,7?,8+,9?/m1/s1. The van der Waals surface area contributed by atoms with E-state index in [1.165, 1.54) is 5.75 Å². The van der Waals surface area contributed by atoms with Crippen molar-refractivity contribution in [2.45, 2.75) is 42.9 Å². The Morgan fingerprint density at radius 1 is 1.50 bits per heavy atom. The zero-order chi connectivity index (χ0) is 13.1. The number of hydrogen-bond donors (Lipinski definition) is 2. The van der Waals surface area contributed by atoms with Crippen molar-refractivity contribution >= 4 is 23.5 Å². The molecule has 0 amide bonds. The first-order valence-electron chi connectivity index (χ1n) is 6.13. The number of thioether (sulfide) groups is 2. The van der Waals surface area contributed by atoms with Gasteiger partial charge in [0.25, 0.3) is 0 Å². The second kappa shape index (κ2) is 6.27. The second-order valence-corrected chi connectivity index (χ2v) is 6.96. The minimum absolute atomic E-state index is 0.271. The summed E-state index contributed by atoms with van der Waals surface area (Å²) in [6.45, 7) is 3.80. The molecule has 1 aromatic rings. The quantitative estimate of drug-likeness (QED) is 0.873. The maximum absolute atomic E-state index is 9.43. The van der Waals surface area contributed by atoms with E-state index in [4.69, 9.17) is 10.3 Å². The summed E-state index contributed by atoms with van der Waals surface area (Å²) in [5.41, 5.74) is 5.79. The molecule has 3 N–H and O–H groups in total. The summed E-state index contributed by atoms with van der Waals surface area (Å²) in [5.74, 6) is 3.33. The molecule has 0 spiro atoms. The van der Waals surface area contributed by atoms with Crippen molar-refractivity contribution in [3.63, 3.8) is 0 Å². The smallest absolute Gasteiger partial charge is 0.246 e. The molecule has 0 aliphatic carbocycles. The second-order valence-electron chi connectivity index (χ2n) is 4.37. The van der Waals surface area contributed by atoms with E-state index in [1.54, 1.807) is 6.92 Å². The first-order chi connectivity index (χ1) is 8.63. The molecule has 4 atom stereocenters. The summed E-state index contributed by atoms with van der Waals surface area (Å²) in [7, 11) is 0. The molecule has 1 aliphatic rings. The molecule has 5 nitrogen and oxygen atoms in total. The third-order valence-electron chi connectivity index (χ3n) is 2.97. The molecule has 102 valence electrons. The summed E-state index contributed by atoms with van der Waals surface area (Å²) >= 11 is 3.84. The number of aromatic nitrogens is 2. The van der Waals surface area contributed by atoms with Gasteiger partial charge in [0.05, 0.1) is 11.4 Å². The topological polar surface area (TPSA) is 85.2 Å². The molecule has 18 heavy (non-hydrogen) atoms. The van der Waals surface area contributed by atoms with Gasteiger partial charge < -0.3 is 15.4 Å². The van der Waals surface area contributed by atoms with Crippen molar-refractivity contribution in [3.8, 4) is 0 Å². The highest BCUT2D eigenvalue weighted by Crippen LogP contribution is 2.43. The van der Waals surface area contributed by atoms with Gasteiger partial charge in [0.2, 0.25) is 5.89 Å². The molecule has 0 bridgehead atoms. The molecule has 1 aromatic heterocycles. The van der Waals surface area contributed by atoms with Gasteiger partial charge >= 0.3 is 0 Å². The fourth-order valence-corrected chi connectivity index (χ4v) is 4.83. The van der Waals surface area contributed by atoms with Gasteiger partial charge in [0, 0.05) is 16.8 Å². The predicted molar refractivity (Wildman–Crippen MR) is 74.6 cm³/mol. The fourth-order valence-electron chi connectivity index (χ4n) is 1.85. The minimum atomic E-state index is -0.686. The lowest BCUT2D eigenvalue weighted by Gasteiger charge is -2.27. The first kappa shape index (κ1) is 14.2. The van der Waals surface area contributed by atoms with Crippen LogP contribution in [-0.4, -0.2) is 38.1 Å². The highest BCUT2D eigenvalue weighted by atomic mass is 32.2. The van der Waals surface area contributed by atoms with Crippen molar-refractivity contribution in [2.75, 3.05) is 11.5 Å². The van der Waals surface area contributed by atoms with Crippen molar-refractivity contribution in [1.29, 1.82) is 0 Å². The van der Waals surface area contributed by atoms with Gasteiger partial charge in [-0.1, -0.05) is 12.1 Å². The number of rotatable bonds is 4. The summed E-state index contributed by atoms with van der Waals surface area (Å²) in [6, 6.07) is -0.604. The molecule has 1 aliphatic heterocycles. The molecule has 0 aromatic carbocycles. The van der Waals surface area contributed by atoms with Crippen LogP contribution in [0.25, 0.3) is 0 Å². The molecular weight excluding hydrogens is 270 g/mol. The van der Waals surface area contributed by atoms with Gasteiger partial charge in [-0.25, -0.2) is 0 Å². The van der Waals surface area contributed by atoms with Crippen LogP contribution in [0, 0.1) is 0 Å². The third-order valence-corrected chi connectivity index (χ3v) is 6.21. The van der Waals surface area contributed by atoms with Crippen LogP contribution in [0.1, 0.15) is 43.3 Å². The molecule has 0 radical (unpaired) electrons. The SMILES string of the molecule is CCC1SCCSC1c1noc([C@@H](N)[C@@H](C)O)n1. The number of aliphatic hydroxyl groups excluding tert-OH is 1. The first-order valence-corrected chi connectivity index (χ1v) is 8.23. The summed E-state index contributed by atoms with van der Waals surface area (Å²) < 4.78 is 5.17. The maximum Gasteiger partial charge on any atom is 0.246 e. The van der Waals surface area contributed by atoms with Crippen LogP contribution in [0.3, 0.4) is 0 Å². The number of hydrogen-bond acceptors (Lipinski definition) is 7. The Kier molecular flexibility index (Phi) is 4.94. The summed E-state index contributed by atoms with van der Waals surface area (Å²) in [4.78, 5) is 4.36. The van der Waals surface area contributed by atoms with Gasteiger partial charge in [-0.05, 0) is 13.3 Å². The molecule has 2 unspecified atom stereocenters. The van der Waals surface area contributed by atoms with Crippen LogP contribution in [0.5, 0.6) is 0 Å². The van der Waals surface area contributed by atoms with Gasteiger partial charge in [-0.3, -0.25) is 0 Å². The zero-order valence-corrected chi connectivity index (χ0v) is 12.2. The van der Waals surface area contributed by atoms with E-state index in [1.807, 2.05) is 23.5 Å². The van der Waals surface area contributed by atoms with Crippen LogP contribution in [-0.2, 0) is 0 Å². The Bertz CT molecular complexity index is 386. The Morgan fingerprint density at radius 3 is 2.89 bits per heavy atom. The van der Waals surface area contributed by atoms with Crippen molar-refractivity contribution in [1.82, 2.24) is 10.1 Å². The highest BCUT2D eigenvalue weighted by molar-refractivity contribution is 8.06. The van der Waals surface area contributed by atoms with Crippen LogP contribution in [0.2, 0.25) is 0 Å². The van der Waals surface area contributed by atoms with Crippen molar-refractivity contribution < 1.29 is 9.63 Å². The Hall–Kier alpha value is -0.240. The molecule has 1 saturated heterocycles. The monoisotopic (exact) mass is 289 g/mol. The van der Waals surface area contributed by atoms with E-state index < -0.39 is 12.1 Å². The number of nitrogens with two attached hydrogens (primary N) is 1. The van der Waals surface area contributed by atoms with Crippen LogP contribution in [0.15, 0.2) is 4.52 Å². The third kappa shape index (κ3) is 3.01. The van der Waals surface area contributed by atoms with E-state index in [0.29, 0.717) is 17.0 Å². The maximum atomic E-state index is 9.43. The van der Waals surface area contributed by atoms with E-state index in [9.17, 15) is 5.11 Å². The van der Waals surface area contributed by atoms with Gasteiger partial charge in [0.1, 0.15) is 6.04 Å². The van der Waals surface area contributed by atoms with Gasteiger partial charge in [-0.2, -0.15) is 16.7 Å². The summed E-state index contributed by atoms with van der Waals surface area (Å²) in [5, 5.41) is 14.3. The Labute approximate surface area is 115 Å². The fraction of sp³-hybridized carbons (Fsp3) is 0.818. The van der Waals surface area contributed by atoms with E-state index >= 15 is 0 Å². The Balaban J connectivity index is 2.13. The number of aliphatic hydroxyl groups is 1. The van der Waals surface area contributed by atoms with E-state index in [0.717, 1.165) is 12.2 Å². The normalized spacial score (nSPS) is 28.0. The largest absolute Gasteiger partial charge is 0.391 e. The lowest BCUT2D eigenvalue weighted by molar-refractivity contribution is 0.146. The predicted octanol–water partition coefficient (Wildman–Crippen LogP) is 1.75. The highest BCUT2D eigenvalue weighted by Gasteiger charge is 2.31. The van der Waals surface area contributed by atoms with Gasteiger partial charge in [0.15, 0.2) is 5.82 Å². The van der Waals surface area contributed by atoms with E-state index in [2.05, 4.69) is 17.1 Å². The van der Waals surface area contributed by atoms with Crippen LogP contribution < -0.4 is 5.73 Å². The van der Waals surface area contributed by atoms with E-state index in [-0.39, 0.29) is 5.25 Å². The number of nitrogens with zero attached hydrogens (tertiary/aromatic N) is 2. The van der Waals surface area contributed by atoms with Gasteiger partial charge in [-0.15, -0.1) is 11.8 Å². The zero-order valence-electron chi connectivity index (χ0n) is 10.6. The van der Waals surface area contributed by atoms with Crippen molar-refractivity contribution in [2.24, 2.45) is 5.73 Å². The average Bonchev–Trinajstić information content (AvgIpc) is 2.87. The molecule has 2 heterocycles. The minimum Gasteiger partial charge on any atom is -0.391 e. The molecule has 0 saturated carbocycles. The lowest BCUT2D eigenvalue weighted by Crippen LogP contribution is -2.24. The summed E-state index contributed by atoms with van der Waals surface area (Å²) in [6.07, 6.45) is 0.405. The van der Waals surface area contributed by atoms with Crippen LogP contribution in [0.4, 0.5) is 0 Å². The Morgan fingerprint density at radius 2 is 2.22 bits per heavy atom. The molecule has 1 fully saturated rings. The lowest BCUT2D eigenvalue weighted by atomic mass is 10.2. The molecular formula is C11H19N3O2S2. The van der Waals surface area contributed by atoms with Crippen LogP contribution >= 0.6 is 23.5 Å². The molecule has 7 heteroatoms.